The Labute approximate surface area is 39.9 Å². The minimum absolute atomic E-state index is 0.454. The largest absolute Gasteiger partial charge is 0.443 e. The first-order valence-electron chi connectivity index (χ1n) is 1.46. The number of hydrogen-bond acceptors (Lipinski definition) is 3. The van der Waals surface area contributed by atoms with Crippen LogP contribution >= 0.6 is 11.6 Å². The van der Waals surface area contributed by atoms with Crippen LogP contribution in [0.5, 0.6) is 0 Å². The highest BCUT2D eigenvalue weighted by Gasteiger charge is 2.02. The van der Waals surface area contributed by atoms with Crippen molar-refractivity contribution in [3.63, 3.8) is 0 Å². The molecule has 1 heterocycles. The van der Waals surface area contributed by atoms with Gasteiger partial charge in [0.25, 0.3) is 5.69 Å². The van der Waals surface area contributed by atoms with Crippen molar-refractivity contribution in [2.75, 3.05) is 0 Å². The second-order valence-electron chi connectivity index (χ2n) is 0.816. The first-order chi connectivity index (χ1) is 2.89. The van der Waals surface area contributed by atoms with E-state index >= 15 is 0 Å². The van der Waals surface area contributed by atoms with Crippen LogP contribution in [0.15, 0.2) is 5.10 Å². The fraction of sp³-hybridized carbons (Fsp3) is 0.500. The monoisotopic (exact) mass is 106 g/mol. The summed E-state index contributed by atoms with van der Waals surface area (Å²) in [6, 6.07) is 0. The number of hydrogen-bond donors (Lipinski definition) is 1. The lowest BCUT2D eigenvalue weighted by molar-refractivity contribution is 0.282. The number of alkyl halides is 1. The topological polar surface area (TPSA) is 33.6 Å². The second-order valence-corrected chi connectivity index (χ2v) is 1.21. The molecule has 0 saturated carbocycles. The molecule has 0 radical (unpaired) electrons. The van der Waals surface area contributed by atoms with Crippen molar-refractivity contribution >= 4 is 18.0 Å². The minimum atomic E-state index is -0.454. The maximum Gasteiger partial charge on any atom is 0.263 e. The quantitative estimate of drug-likeness (QED) is 0.350. The van der Waals surface area contributed by atoms with E-state index in [1.54, 1.807) is 0 Å². The molecule has 34 valence electrons. The van der Waals surface area contributed by atoms with Gasteiger partial charge in [-0.05, 0) is 0 Å². The average molecular weight is 107 g/mol. The third kappa shape index (κ3) is 0.542. The molecule has 0 aliphatic carbocycles. The Bertz CT molecular complexity index is 65.9. The van der Waals surface area contributed by atoms with E-state index in [2.05, 4.69) is 15.3 Å². The summed E-state index contributed by atoms with van der Waals surface area (Å²) in [5.41, 5.74) is 1.98. The van der Waals surface area contributed by atoms with Crippen LogP contribution in [0.4, 0.5) is 0 Å². The summed E-state index contributed by atoms with van der Waals surface area (Å²) < 4.78 is 4.52. The summed E-state index contributed by atoms with van der Waals surface area (Å²) in [5.74, 6) is 0. The summed E-state index contributed by atoms with van der Waals surface area (Å²) >= 11 is 5.25. The zero-order valence-electron chi connectivity index (χ0n) is 2.89. The number of nitrogens with one attached hydrogen (secondary N) is 1. The van der Waals surface area contributed by atoms with E-state index in [0.717, 1.165) is 0 Å². The van der Waals surface area contributed by atoms with Gasteiger partial charge in [-0.15, -0.1) is 5.10 Å². The molecule has 1 rings (SSSR count). The molecule has 1 aliphatic rings. The van der Waals surface area contributed by atoms with Gasteiger partial charge in [-0.3, -0.25) is 5.43 Å². The predicted molar refractivity (Wildman–Crippen MR) is 22.4 cm³/mol. The third-order valence-electron chi connectivity index (χ3n) is 0.409. The fourth-order valence-corrected chi connectivity index (χ4v) is 0.306. The Morgan fingerprint density at radius 3 is 3.00 bits per heavy atom. The molecule has 0 aromatic carbocycles. The number of hydrazone groups is 1. The van der Waals surface area contributed by atoms with Crippen molar-refractivity contribution in [3.05, 3.63) is 0 Å². The van der Waals surface area contributed by atoms with Gasteiger partial charge in [-0.1, -0.05) is 11.6 Å². The Balaban J connectivity index is 2.32. The average Bonchev–Trinajstić information content (AvgIpc) is 1.86. The smallest absolute Gasteiger partial charge is 0.263 e. The maximum atomic E-state index is 5.25. The van der Waals surface area contributed by atoms with Crippen LogP contribution in [0.3, 0.4) is 0 Å². The first-order valence-corrected chi connectivity index (χ1v) is 1.90. The lowest BCUT2D eigenvalue weighted by Crippen LogP contribution is -2.11. The Kier molecular flexibility index (Phi) is 0.837. The highest BCUT2D eigenvalue weighted by atomic mass is 35.5. The molecule has 6 heavy (non-hydrogen) atoms. The van der Waals surface area contributed by atoms with Crippen molar-refractivity contribution in [1.82, 2.24) is 5.43 Å². The normalized spacial score (nSPS) is 29.2. The van der Waals surface area contributed by atoms with Gasteiger partial charge >= 0.3 is 0 Å². The van der Waals surface area contributed by atoms with Crippen LogP contribution in [0.1, 0.15) is 0 Å². The van der Waals surface area contributed by atoms with Crippen molar-refractivity contribution in [1.29, 1.82) is 0 Å². The number of rotatable bonds is 0. The molecule has 4 heteroatoms. The molecule has 1 N–H and O–H groups in total. The number of nitrogens with zero attached hydrogens (tertiary/aromatic N) is 1. The first kappa shape index (κ1) is 3.74. The van der Waals surface area contributed by atoms with E-state index in [1.165, 1.54) is 6.40 Å². The van der Waals surface area contributed by atoms with Crippen LogP contribution in [0.2, 0.25) is 0 Å². The summed E-state index contributed by atoms with van der Waals surface area (Å²) in [7, 11) is 0. The van der Waals surface area contributed by atoms with Gasteiger partial charge in [0.2, 0.25) is 0 Å². The lowest BCUT2D eigenvalue weighted by Gasteiger charge is -1.93. The molecule has 0 aromatic heterocycles. The van der Waals surface area contributed by atoms with E-state index in [1.807, 2.05) is 0 Å². The van der Waals surface area contributed by atoms with Gasteiger partial charge in [0, 0.05) is 0 Å². The van der Waals surface area contributed by atoms with Gasteiger partial charge in [-0.25, -0.2) is 0 Å². The highest BCUT2D eigenvalue weighted by Crippen LogP contribution is 1.94. The Hall–Kier alpha value is -0.440. The standard InChI is InChI=1S/C2H3ClN2O/c3-2-5-4-1-6-2/h1-2,5H. The molecule has 0 amide bonds. The van der Waals surface area contributed by atoms with Crippen LogP contribution in [0, 0.1) is 0 Å². The van der Waals surface area contributed by atoms with E-state index < -0.39 is 5.69 Å². The zero-order chi connectivity index (χ0) is 4.41. The van der Waals surface area contributed by atoms with Gasteiger partial charge < -0.3 is 4.74 Å². The van der Waals surface area contributed by atoms with Crippen molar-refractivity contribution in [3.8, 4) is 0 Å². The molecule has 1 aliphatic heterocycles. The predicted octanol–water partition coefficient (Wildman–Crippen LogP) is 0.0719. The van der Waals surface area contributed by atoms with E-state index in [0.29, 0.717) is 0 Å². The zero-order valence-corrected chi connectivity index (χ0v) is 3.64. The molecular formula is C2H3ClN2O. The van der Waals surface area contributed by atoms with Crippen molar-refractivity contribution < 1.29 is 4.74 Å². The van der Waals surface area contributed by atoms with Crippen LogP contribution in [-0.4, -0.2) is 12.1 Å². The number of ether oxygens (including phenoxy) is 1. The molecule has 1 atom stereocenters. The number of halogens is 1. The minimum Gasteiger partial charge on any atom is -0.443 e. The van der Waals surface area contributed by atoms with E-state index in [9.17, 15) is 0 Å². The van der Waals surface area contributed by atoms with E-state index in [-0.39, 0.29) is 0 Å². The summed E-state index contributed by atoms with van der Waals surface area (Å²) in [6.45, 7) is 0. The van der Waals surface area contributed by atoms with Gasteiger partial charge in [0.1, 0.15) is 0 Å². The molecule has 0 aromatic rings. The fourth-order valence-electron chi connectivity index (χ4n) is 0.203. The Morgan fingerprint density at radius 1 is 2.00 bits per heavy atom. The molecular weight excluding hydrogens is 103 g/mol. The highest BCUT2D eigenvalue weighted by molar-refractivity contribution is 6.19. The SMILES string of the molecule is ClC1NN=CO1. The van der Waals surface area contributed by atoms with Gasteiger partial charge in [-0.2, -0.15) is 0 Å². The van der Waals surface area contributed by atoms with Crippen LogP contribution in [0.25, 0.3) is 0 Å². The van der Waals surface area contributed by atoms with Crippen molar-refractivity contribution in [2.24, 2.45) is 5.10 Å². The molecule has 1 unspecified atom stereocenters. The van der Waals surface area contributed by atoms with Crippen LogP contribution < -0.4 is 5.43 Å². The molecule has 3 nitrogen and oxygen atoms in total. The lowest BCUT2D eigenvalue weighted by atomic mass is 11.3. The van der Waals surface area contributed by atoms with E-state index in [4.69, 9.17) is 11.6 Å². The summed E-state index contributed by atoms with van der Waals surface area (Å²) in [6.07, 6.45) is 1.26. The molecule has 0 spiro atoms. The second kappa shape index (κ2) is 1.34. The Morgan fingerprint density at radius 2 is 2.83 bits per heavy atom. The molecule has 0 bridgehead atoms. The maximum absolute atomic E-state index is 5.25. The van der Waals surface area contributed by atoms with Gasteiger partial charge in [0.05, 0.1) is 0 Å². The molecule has 0 fully saturated rings. The van der Waals surface area contributed by atoms with Gasteiger partial charge in [0.15, 0.2) is 6.40 Å². The van der Waals surface area contributed by atoms with Crippen molar-refractivity contribution in [2.45, 2.75) is 5.69 Å². The molecule has 0 saturated heterocycles. The van der Waals surface area contributed by atoms with Crippen LogP contribution in [-0.2, 0) is 4.74 Å². The summed E-state index contributed by atoms with van der Waals surface area (Å²) in [4.78, 5) is 0. The summed E-state index contributed by atoms with van der Waals surface area (Å²) in [5, 5.41) is 3.44. The third-order valence-corrected chi connectivity index (χ3v) is 0.610.